The minimum absolute atomic E-state index is 0.0453. The number of thiophene rings is 1. The minimum Gasteiger partial charge on any atom is -0.365 e. The Morgan fingerprint density at radius 3 is 2.58 bits per heavy atom. The van der Waals surface area contributed by atoms with Crippen molar-refractivity contribution in [3.05, 3.63) is 76.6 Å². The molecule has 1 N–H and O–H groups in total. The third kappa shape index (κ3) is 3.22. The van der Waals surface area contributed by atoms with Gasteiger partial charge in [0.15, 0.2) is 5.82 Å². The van der Waals surface area contributed by atoms with Crippen molar-refractivity contribution < 1.29 is 4.92 Å². The third-order valence-electron chi connectivity index (χ3n) is 3.80. The third-order valence-corrected chi connectivity index (χ3v) is 4.78. The van der Waals surface area contributed by atoms with E-state index in [9.17, 15) is 10.1 Å². The maximum Gasteiger partial charge on any atom is 0.326 e. The van der Waals surface area contributed by atoms with Crippen molar-refractivity contribution in [2.45, 2.75) is 6.54 Å². The molecular weight excluding hydrogens is 350 g/mol. The average molecular weight is 363 g/mol. The van der Waals surface area contributed by atoms with Crippen molar-refractivity contribution in [1.29, 1.82) is 0 Å². The van der Waals surface area contributed by atoms with Gasteiger partial charge in [-0.05, 0) is 29.0 Å². The summed E-state index contributed by atoms with van der Waals surface area (Å²) < 4.78 is 0. The second-order valence-electron chi connectivity index (χ2n) is 5.53. The molecule has 8 heteroatoms. The quantitative estimate of drug-likeness (QED) is 0.420. The molecule has 128 valence electrons. The predicted octanol–water partition coefficient (Wildman–Crippen LogP) is 4.27. The Hall–Kier alpha value is -3.39. The van der Waals surface area contributed by atoms with Crippen LogP contribution in [0.5, 0.6) is 0 Å². The van der Waals surface area contributed by atoms with Crippen LogP contribution in [0.25, 0.3) is 21.6 Å². The molecule has 4 aromatic rings. The lowest BCUT2D eigenvalue weighted by atomic mass is 10.2. The molecule has 0 radical (unpaired) electrons. The van der Waals surface area contributed by atoms with Crippen LogP contribution in [0.1, 0.15) is 5.56 Å². The number of fused-ring (bicyclic) bond motifs is 1. The van der Waals surface area contributed by atoms with Crippen LogP contribution in [0.3, 0.4) is 0 Å². The van der Waals surface area contributed by atoms with E-state index >= 15 is 0 Å². The van der Waals surface area contributed by atoms with Crippen molar-refractivity contribution >= 4 is 32.4 Å². The van der Waals surface area contributed by atoms with Gasteiger partial charge < -0.3 is 5.32 Å². The van der Waals surface area contributed by atoms with Gasteiger partial charge in [0.1, 0.15) is 10.6 Å². The van der Waals surface area contributed by atoms with Crippen molar-refractivity contribution in [2.24, 2.45) is 0 Å². The molecule has 26 heavy (non-hydrogen) atoms. The van der Waals surface area contributed by atoms with Crippen molar-refractivity contribution in [1.82, 2.24) is 15.0 Å². The summed E-state index contributed by atoms with van der Waals surface area (Å²) in [5.74, 6) is 1.09. The second kappa shape index (κ2) is 6.85. The first-order valence-corrected chi connectivity index (χ1v) is 8.66. The molecule has 0 spiro atoms. The average Bonchev–Trinajstić information content (AvgIpc) is 3.12. The molecule has 4 rings (SSSR count). The number of aromatic nitrogens is 3. The first-order valence-electron chi connectivity index (χ1n) is 7.85. The number of hydrogen-bond acceptors (Lipinski definition) is 7. The minimum atomic E-state index is -0.403. The van der Waals surface area contributed by atoms with Crippen LogP contribution in [-0.4, -0.2) is 19.9 Å². The highest BCUT2D eigenvalue weighted by molar-refractivity contribution is 7.21. The van der Waals surface area contributed by atoms with Crippen molar-refractivity contribution in [2.75, 3.05) is 5.32 Å². The standard InChI is InChI=1S/C18H13N5O2S/c24-23(25)15-10-14-17(20-11-12-4-2-1-3-5-12)21-16(22-18(14)26-15)13-6-8-19-9-7-13/h1-10H,11H2,(H,20,21,22). The molecule has 0 amide bonds. The van der Waals surface area contributed by atoms with Gasteiger partial charge in [0.25, 0.3) is 0 Å². The summed E-state index contributed by atoms with van der Waals surface area (Å²) in [6.07, 6.45) is 3.33. The first-order chi connectivity index (χ1) is 12.7. The monoisotopic (exact) mass is 363 g/mol. The molecule has 1 aromatic carbocycles. The summed E-state index contributed by atoms with van der Waals surface area (Å²) in [4.78, 5) is 24.4. The molecule has 0 bridgehead atoms. The van der Waals surface area contributed by atoms with Gasteiger partial charge in [-0.2, -0.15) is 0 Å². The normalized spacial score (nSPS) is 10.8. The van der Waals surface area contributed by atoms with E-state index in [1.54, 1.807) is 12.4 Å². The molecule has 3 aromatic heterocycles. The largest absolute Gasteiger partial charge is 0.365 e. The van der Waals surface area contributed by atoms with E-state index in [1.165, 1.54) is 6.07 Å². The Bertz CT molecular complexity index is 1070. The molecule has 7 nitrogen and oxygen atoms in total. The zero-order valence-corrected chi connectivity index (χ0v) is 14.3. The Kier molecular flexibility index (Phi) is 4.24. The summed E-state index contributed by atoms with van der Waals surface area (Å²) in [7, 11) is 0. The Morgan fingerprint density at radius 2 is 1.85 bits per heavy atom. The van der Waals surface area contributed by atoms with Crippen LogP contribution in [-0.2, 0) is 6.54 Å². The van der Waals surface area contributed by atoms with E-state index in [4.69, 9.17) is 0 Å². The molecule has 0 saturated carbocycles. The van der Waals surface area contributed by atoms with E-state index in [0.29, 0.717) is 28.4 Å². The Labute approximate surface area is 152 Å². The van der Waals surface area contributed by atoms with Gasteiger partial charge in [-0.15, -0.1) is 0 Å². The molecular formula is C18H13N5O2S. The smallest absolute Gasteiger partial charge is 0.326 e. The fourth-order valence-electron chi connectivity index (χ4n) is 2.55. The summed E-state index contributed by atoms with van der Waals surface area (Å²) in [6.45, 7) is 0.562. The molecule has 0 aliphatic carbocycles. The van der Waals surface area contributed by atoms with Gasteiger partial charge in [-0.25, -0.2) is 9.97 Å². The Balaban J connectivity index is 1.78. The number of nitrogens with one attached hydrogen (secondary N) is 1. The molecule has 0 aliphatic heterocycles. The van der Waals surface area contributed by atoms with Crippen LogP contribution < -0.4 is 5.32 Å². The highest BCUT2D eigenvalue weighted by atomic mass is 32.1. The van der Waals surface area contributed by atoms with Crippen LogP contribution in [0.15, 0.2) is 60.9 Å². The lowest BCUT2D eigenvalue weighted by Crippen LogP contribution is -2.03. The van der Waals surface area contributed by atoms with Crippen LogP contribution in [0.4, 0.5) is 10.8 Å². The topological polar surface area (TPSA) is 93.8 Å². The summed E-state index contributed by atoms with van der Waals surface area (Å²) >= 11 is 1.04. The van der Waals surface area contributed by atoms with Crippen LogP contribution in [0, 0.1) is 10.1 Å². The van der Waals surface area contributed by atoms with E-state index in [-0.39, 0.29) is 5.00 Å². The van der Waals surface area contributed by atoms with E-state index in [2.05, 4.69) is 20.3 Å². The predicted molar refractivity (Wildman–Crippen MR) is 101 cm³/mol. The number of rotatable bonds is 5. The zero-order chi connectivity index (χ0) is 17.9. The van der Waals surface area contributed by atoms with E-state index < -0.39 is 4.92 Å². The number of anilines is 1. The lowest BCUT2D eigenvalue weighted by molar-refractivity contribution is -0.380. The van der Waals surface area contributed by atoms with Crippen LogP contribution in [0.2, 0.25) is 0 Å². The highest BCUT2D eigenvalue weighted by Crippen LogP contribution is 2.35. The fourth-order valence-corrected chi connectivity index (χ4v) is 3.39. The molecule has 0 saturated heterocycles. The van der Waals surface area contributed by atoms with Gasteiger partial charge >= 0.3 is 5.00 Å². The van der Waals surface area contributed by atoms with E-state index in [0.717, 1.165) is 22.5 Å². The summed E-state index contributed by atoms with van der Waals surface area (Å²) in [5.41, 5.74) is 1.90. The SMILES string of the molecule is O=[N+]([O-])c1cc2c(NCc3ccccc3)nc(-c3ccncc3)nc2s1. The highest BCUT2D eigenvalue weighted by Gasteiger charge is 2.18. The first kappa shape index (κ1) is 16.1. The lowest BCUT2D eigenvalue weighted by Gasteiger charge is -2.09. The maximum atomic E-state index is 11.2. The second-order valence-corrected chi connectivity index (χ2v) is 6.54. The van der Waals surface area contributed by atoms with E-state index in [1.807, 2.05) is 42.5 Å². The van der Waals surface area contributed by atoms with Gasteiger partial charge in [0.2, 0.25) is 0 Å². The molecule has 0 aliphatic rings. The molecule has 0 unspecified atom stereocenters. The molecule has 0 fully saturated rings. The number of benzene rings is 1. The number of hydrogen-bond donors (Lipinski definition) is 1. The van der Waals surface area contributed by atoms with Crippen molar-refractivity contribution in [3.63, 3.8) is 0 Å². The van der Waals surface area contributed by atoms with Gasteiger partial charge in [0, 0.05) is 30.6 Å². The number of pyridine rings is 1. The van der Waals surface area contributed by atoms with Gasteiger partial charge in [-0.1, -0.05) is 30.3 Å². The number of nitro groups is 1. The zero-order valence-electron chi connectivity index (χ0n) is 13.5. The summed E-state index contributed by atoms with van der Waals surface area (Å²) in [6, 6.07) is 15.0. The van der Waals surface area contributed by atoms with Crippen LogP contribution >= 0.6 is 11.3 Å². The Morgan fingerprint density at radius 1 is 1.08 bits per heavy atom. The molecule has 3 heterocycles. The summed E-state index contributed by atoms with van der Waals surface area (Å²) in [5, 5.41) is 15.1. The maximum absolute atomic E-state index is 11.2. The number of nitrogens with zero attached hydrogens (tertiary/aromatic N) is 4. The fraction of sp³-hybridized carbons (Fsp3) is 0.0556. The van der Waals surface area contributed by atoms with Gasteiger partial charge in [0.05, 0.1) is 10.3 Å². The van der Waals surface area contributed by atoms with Gasteiger partial charge in [-0.3, -0.25) is 15.1 Å². The molecule has 0 atom stereocenters. The van der Waals surface area contributed by atoms with Crippen molar-refractivity contribution in [3.8, 4) is 11.4 Å².